The van der Waals surface area contributed by atoms with Crippen molar-refractivity contribution in [1.82, 2.24) is 0 Å². The summed E-state index contributed by atoms with van der Waals surface area (Å²) in [6, 6.07) is 0. The fourth-order valence-electron chi connectivity index (χ4n) is 5.57. The van der Waals surface area contributed by atoms with E-state index >= 15 is 0 Å². The first kappa shape index (κ1) is 47.0. The van der Waals surface area contributed by atoms with Crippen LogP contribution in [0, 0.1) is 0 Å². The highest BCUT2D eigenvalue weighted by molar-refractivity contribution is 7.47. The highest BCUT2D eigenvalue weighted by Crippen LogP contribution is 2.43. The Balaban J connectivity index is 4.48. The van der Waals surface area contributed by atoms with Crippen molar-refractivity contribution in [2.24, 2.45) is 0 Å². The Bertz CT molecular complexity index is 804. The van der Waals surface area contributed by atoms with E-state index in [1.165, 1.54) is 103 Å². The topological polar surface area (TPSA) is 108 Å². The Morgan fingerprint density at radius 1 is 0.562 bits per heavy atom. The van der Waals surface area contributed by atoms with Crippen LogP contribution in [-0.2, 0) is 32.7 Å². The lowest BCUT2D eigenvalue weighted by Crippen LogP contribution is -2.35. The molecule has 0 fully saturated rings. The molecule has 0 aliphatic rings. The van der Waals surface area contributed by atoms with Crippen molar-refractivity contribution in [3.05, 3.63) is 0 Å². The third-order valence-corrected chi connectivity index (χ3v) is 9.58. The predicted octanol–water partition coefficient (Wildman–Crippen LogP) is 10.5. The maximum Gasteiger partial charge on any atom is 0.472 e. The second-order valence-corrected chi connectivity index (χ2v) is 16.1. The number of phosphoric ester groups is 1. The summed E-state index contributed by atoms with van der Waals surface area (Å²) in [5.41, 5.74) is 0. The Kier molecular flexibility index (Phi) is 31.3. The summed E-state index contributed by atoms with van der Waals surface area (Å²) >= 11 is 0. The van der Waals surface area contributed by atoms with Crippen LogP contribution < -0.4 is 0 Å². The van der Waals surface area contributed by atoms with Crippen LogP contribution >= 0.6 is 7.82 Å². The van der Waals surface area contributed by atoms with Gasteiger partial charge in [-0.2, -0.15) is 0 Å². The van der Waals surface area contributed by atoms with Gasteiger partial charge in [0, 0.05) is 12.8 Å². The minimum atomic E-state index is -4.34. The first-order valence-corrected chi connectivity index (χ1v) is 21.3. The number of ether oxygens (including phenoxy) is 2. The van der Waals surface area contributed by atoms with Crippen molar-refractivity contribution in [3.8, 4) is 0 Å². The first-order chi connectivity index (χ1) is 23.0. The molecule has 0 aliphatic heterocycles. The molecule has 0 amide bonds. The molecule has 0 spiro atoms. The smallest absolute Gasteiger partial charge is 0.462 e. The predicted molar refractivity (Wildman–Crippen MR) is 197 cm³/mol. The lowest BCUT2D eigenvalue weighted by molar-refractivity contribution is -0.870. The molecule has 0 heterocycles. The molecule has 0 radical (unpaired) electrons. The molecule has 0 bridgehead atoms. The highest BCUT2D eigenvalue weighted by Gasteiger charge is 2.26. The average Bonchev–Trinajstić information content (AvgIpc) is 3.03. The molecule has 0 aliphatic carbocycles. The van der Waals surface area contributed by atoms with Crippen molar-refractivity contribution in [2.75, 3.05) is 47.5 Å². The van der Waals surface area contributed by atoms with Crippen LogP contribution in [0.5, 0.6) is 0 Å². The minimum Gasteiger partial charge on any atom is -0.462 e. The van der Waals surface area contributed by atoms with Crippen molar-refractivity contribution in [3.63, 3.8) is 0 Å². The van der Waals surface area contributed by atoms with E-state index in [0.29, 0.717) is 12.8 Å². The van der Waals surface area contributed by atoms with E-state index < -0.39 is 19.9 Å². The van der Waals surface area contributed by atoms with E-state index in [1.807, 2.05) is 0 Å². The summed E-state index contributed by atoms with van der Waals surface area (Å²) in [7, 11) is 1.92. The molecule has 2 atom stereocenters. The Morgan fingerprint density at radius 3 is 1.42 bits per heavy atom. The SMILES string of the molecule is CCCCCCCCCCCCCC(=O)OCC(COP(=O)(O)OCCCC[N+](C)(C)C)OC(=O)CCCCCCCCCCCCC. The molecule has 9 nitrogen and oxygen atoms in total. The van der Waals surface area contributed by atoms with Crippen LogP contribution in [0.4, 0.5) is 0 Å². The molecule has 286 valence electrons. The largest absolute Gasteiger partial charge is 0.472 e. The Labute approximate surface area is 295 Å². The standard InChI is InChI=1S/C38H76NO8P/c1-6-8-10-12-14-16-18-20-22-24-26-30-37(40)44-34-36(35-46-48(42,43)45-33-29-28-32-39(3,4)5)47-38(41)31-27-25-23-21-19-17-15-13-11-9-7-2/h36H,6-35H2,1-5H3/p+1. The molecule has 0 saturated carbocycles. The van der Waals surface area contributed by atoms with Crippen LogP contribution in [0.25, 0.3) is 0 Å². The summed E-state index contributed by atoms with van der Waals surface area (Å²) in [6.07, 6.45) is 27.2. The summed E-state index contributed by atoms with van der Waals surface area (Å²) < 4.78 is 34.5. The number of unbranched alkanes of at least 4 members (excludes halogenated alkanes) is 21. The fourth-order valence-corrected chi connectivity index (χ4v) is 6.36. The number of hydrogen-bond donors (Lipinski definition) is 1. The molecule has 0 saturated heterocycles. The molecule has 2 unspecified atom stereocenters. The third-order valence-electron chi connectivity index (χ3n) is 8.60. The van der Waals surface area contributed by atoms with Gasteiger partial charge in [0.1, 0.15) is 6.61 Å². The molecule has 1 N–H and O–H groups in total. The van der Waals surface area contributed by atoms with Crippen LogP contribution in [0.2, 0.25) is 0 Å². The zero-order valence-corrected chi connectivity index (χ0v) is 32.9. The Hall–Kier alpha value is -0.990. The summed E-state index contributed by atoms with van der Waals surface area (Å²) in [5.74, 6) is -0.784. The van der Waals surface area contributed by atoms with Gasteiger partial charge in [0.05, 0.1) is 40.9 Å². The van der Waals surface area contributed by atoms with Crippen LogP contribution in [0.1, 0.15) is 181 Å². The zero-order valence-electron chi connectivity index (χ0n) is 32.0. The van der Waals surface area contributed by atoms with Gasteiger partial charge in [-0.25, -0.2) is 4.57 Å². The van der Waals surface area contributed by atoms with Crippen molar-refractivity contribution in [1.29, 1.82) is 0 Å². The molecule has 0 aromatic rings. The van der Waals surface area contributed by atoms with E-state index in [4.69, 9.17) is 18.5 Å². The van der Waals surface area contributed by atoms with Crippen molar-refractivity contribution < 1.29 is 42.1 Å². The van der Waals surface area contributed by atoms with Gasteiger partial charge in [-0.3, -0.25) is 18.6 Å². The van der Waals surface area contributed by atoms with Gasteiger partial charge in [0.2, 0.25) is 0 Å². The number of nitrogens with zero attached hydrogens (tertiary/aromatic N) is 1. The molecule has 10 heteroatoms. The van der Waals surface area contributed by atoms with Gasteiger partial charge in [0.15, 0.2) is 6.10 Å². The van der Waals surface area contributed by atoms with Gasteiger partial charge in [-0.1, -0.05) is 142 Å². The monoisotopic (exact) mass is 707 g/mol. The number of carbonyl (C=O) groups excluding carboxylic acids is 2. The lowest BCUT2D eigenvalue weighted by atomic mass is 10.1. The van der Waals surface area contributed by atoms with E-state index in [-0.39, 0.29) is 32.2 Å². The van der Waals surface area contributed by atoms with Crippen LogP contribution in [0.3, 0.4) is 0 Å². The van der Waals surface area contributed by atoms with E-state index in [1.54, 1.807) is 0 Å². The molecule has 48 heavy (non-hydrogen) atoms. The van der Waals surface area contributed by atoms with E-state index in [2.05, 4.69) is 35.0 Å². The number of quaternary nitrogens is 1. The highest BCUT2D eigenvalue weighted by atomic mass is 31.2. The van der Waals surface area contributed by atoms with Gasteiger partial charge in [0.25, 0.3) is 0 Å². The van der Waals surface area contributed by atoms with E-state index in [9.17, 15) is 19.0 Å². The van der Waals surface area contributed by atoms with Crippen molar-refractivity contribution >= 4 is 19.8 Å². The number of carbonyl (C=O) groups is 2. The van der Waals surface area contributed by atoms with E-state index in [0.717, 1.165) is 56.0 Å². The molecular weight excluding hydrogens is 629 g/mol. The molecular formula is C38H77NO8P+. The first-order valence-electron chi connectivity index (χ1n) is 19.8. The minimum absolute atomic E-state index is 0.0883. The fraction of sp³-hybridized carbons (Fsp3) is 0.947. The molecule has 0 aromatic heterocycles. The maximum atomic E-state index is 12.6. The summed E-state index contributed by atoms with van der Waals surface area (Å²) in [4.78, 5) is 35.2. The second-order valence-electron chi connectivity index (χ2n) is 14.7. The number of rotatable bonds is 36. The number of hydrogen-bond acceptors (Lipinski definition) is 7. The maximum absolute atomic E-state index is 12.6. The normalized spacial score (nSPS) is 13.7. The Morgan fingerprint density at radius 2 is 0.979 bits per heavy atom. The number of phosphoric acid groups is 1. The quantitative estimate of drug-likeness (QED) is 0.0297. The van der Waals surface area contributed by atoms with Crippen molar-refractivity contribution in [2.45, 2.75) is 187 Å². The van der Waals surface area contributed by atoms with Gasteiger partial charge in [-0.15, -0.1) is 0 Å². The second kappa shape index (κ2) is 32.0. The average molecular weight is 707 g/mol. The molecule has 0 rings (SSSR count). The summed E-state index contributed by atoms with van der Waals surface area (Å²) in [5, 5.41) is 0. The molecule has 0 aromatic carbocycles. The van der Waals surface area contributed by atoms with Gasteiger partial charge >= 0.3 is 19.8 Å². The van der Waals surface area contributed by atoms with Crippen LogP contribution in [-0.4, -0.2) is 74.9 Å². The summed E-state index contributed by atoms with van der Waals surface area (Å²) in [6.45, 7) is 4.87. The number of esters is 2. The third kappa shape index (κ3) is 34.9. The lowest BCUT2D eigenvalue weighted by Gasteiger charge is -2.23. The van der Waals surface area contributed by atoms with Gasteiger partial charge in [-0.05, 0) is 25.7 Å². The van der Waals surface area contributed by atoms with Crippen LogP contribution in [0.15, 0.2) is 0 Å². The van der Waals surface area contributed by atoms with Gasteiger partial charge < -0.3 is 18.9 Å². The zero-order chi connectivity index (χ0) is 35.8.